The van der Waals surface area contributed by atoms with Crippen LogP contribution in [0.3, 0.4) is 0 Å². The maximum absolute atomic E-state index is 13.3. The Morgan fingerprint density at radius 3 is 2.93 bits per heavy atom. The van der Waals surface area contributed by atoms with E-state index in [-0.39, 0.29) is 24.3 Å². The molecule has 1 aliphatic heterocycles. The highest BCUT2D eigenvalue weighted by Crippen LogP contribution is 2.35. The number of rotatable bonds is 0. The van der Waals surface area contributed by atoms with E-state index >= 15 is 0 Å². The topological polar surface area (TPSA) is 35.2 Å². The van der Waals surface area contributed by atoms with Gasteiger partial charge >= 0.3 is 0 Å². The molecule has 0 aromatic heterocycles. The van der Waals surface area contributed by atoms with E-state index in [2.05, 4.69) is 15.9 Å². The number of ether oxygens (including phenoxy) is 1. The molecule has 0 saturated heterocycles. The summed E-state index contributed by atoms with van der Waals surface area (Å²) in [6.45, 7) is 0.493. The van der Waals surface area contributed by atoms with Gasteiger partial charge in [0, 0.05) is 22.5 Å². The van der Waals surface area contributed by atoms with Crippen LogP contribution in [-0.2, 0) is 0 Å². The largest absolute Gasteiger partial charge is 0.490 e. The Hall–Kier alpha value is -0.320. The molecule has 0 bridgehead atoms. The lowest BCUT2D eigenvalue weighted by Crippen LogP contribution is -2.21. The van der Waals surface area contributed by atoms with Gasteiger partial charge in [-0.1, -0.05) is 15.9 Å². The normalized spacial score (nSPS) is 19.2. The van der Waals surface area contributed by atoms with E-state index in [1.54, 1.807) is 0 Å². The molecule has 1 heterocycles. The summed E-state index contributed by atoms with van der Waals surface area (Å²) in [7, 11) is 0. The fourth-order valence-corrected chi connectivity index (χ4v) is 1.90. The van der Waals surface area contributed by atoms with Gasteiger partial charge in [0.2, 0.25) is 0 Å². The van der Waals surface area contributed by atoms with Crippen LogP contribution in [0.4, 0.5) is 4.39 Å². The van der Waals surface area contributed by atoms with Crippen LogP contribution in [0.2, 0.25) is 0 Å². The molecule has 2 N–H and O–H groups in total. The average molecular weight is 283 g/mol. The van der Waals surface area contributed by atoms with E-state index in [0.29, 0.717) is 16.8 Å². The highest BCUT2D eigenvalue weighted by molar-refractivity contribution is 9.10. The van der Waals surface area contributed by atoms with Crippen LogP contribution < -0.4 is 10.5 Å². The summed E-state index contributed by atoms with van der Waals surface area (Å²) in [6, 6.07) is 3.08. The Kier molecular flexibility index (Phi) is 3.75. The first kappa shape index (κ1) is 11.8. The lowest BCUT2D eigenvalue weighted by atomic mass is 10.0. The minimum Gasteiger partial charge on any atom is -0.490 e. The van der Waals surface area contributed by atoms with Crippen LogP contribution in [0.5, 0.6) is 5.75 Å². The Balaban J connectivity index is 0.000000980. The summed E-state index contributed by atoms with van der Waals surface area (Å²) in [5.41, 5.74) is 6.56. The van der Waals surface area contributed by atoms with Crippen molar-refractivity contribution in [2.24, 2.45) is 5.73 Å². The first-order valence-corrected chi connectivity index (χ1v) is 4.85. The molecule has 1 aromatic rings. The minimum atomic E-state index is -0.348. The molecule has 0 aliphatic carbocycles. The highest BCUT2D eigenvalue weighted by atomic mass is 79.9. The van der Waals surface area contributed by atoms with Crippen molar-refractivity contribution < 1.29 is 9.13 Å². The zero-order chi connectivity index (χ0) is 9.42. The van der Waals surface area contributed by atoms with Gasteiger partial charge in [-0.05, 0) is 12.1 Å². The molecule has 0 amide bonds. The molecule has 1 aliphatic rings. The molecule has 0 spiro atoms. The van der Waals surface area contributed by atoms with Gasteiger partial charge in [0.15, 0.2) is 11.6 Å². The number of nitrogens with two attached hydrogens (primary N) is 1. The second-order valence-electron chi connectivity index (χ2n) is 3.05. The molecule has 14 heavy (non-hydrogen) atoms. The van der Waals surface area contributed by atoms with Crippen molar-refractivity contribution in [3.63, 3.8) is 0 Å². The van der Waals surface area contributed by atoms with Crippen LogP contribution in [-0.4, -0.2) is 6.61 Å². The first-order valence-electron chi connectivity index (χ1n) is 4.06. The number of hydrogen-bond acceptors (Lipinski definition) is 2. The lowest BCUT2D eigenvalue weighted by molar-refractivity contribution is 0.255. The molecular formula is C9H10BrClFNO. The molecule has 0 fully saturated rings. The number of fused-ring (bicyclic) bond motifs is 1. The smallest absolute Gasteiger partial charge is 0.166 e. The standard InChI is InChI=1S/C9H9BrFNO.ClH/c10-5-3-6-8(12)1-2-13-9(6)7(11)4-5;/h3-4,8H,1-2,12H2;1H. The molecule has 0 radical (unpaired) electrons. The SMILES string of the molecule is Cl.NC1CCOc2c(F)cc(Br)cc21. The van der Waals surface area contributed by atoms with Gasteiger partial charge < -0.3 is 10.5 Å². The Bertz CT molecular complexity index is 348. The fraction of sp³-hybridized carbons (Fsp3) is 0.333. The van der Waals surface area contributed by atoms with Gasteiger partial charge in [-0.25, -0.2) is 4.39 Å². The van der Waals surface area contributed by atoms with E-state index in [0.717, 1.165) is 12.0 Å². The average Bonchev–Trinajstić information content (AvgIpc) is 2.07. The van der Waals surface area contributed by atoms with Crippen LogP contribution in [0.25, 0.3) is 0 Å². The van der Waals surface area contributed by atoms with Crippen molar-refractivity contribution in [2.45, 2.75) is 12.5 Å². The van der Waals surface area contributed by atoms with Gasteiger partial charge in [0.05, 0.1) is 6.61 Å². The van der Waals surface area contributed by atoms with Crippen molar-refractivity contribution in [3.05, 3.63) is 28.0 Å². The van der Waals surface area contributed by atoms with Crippen molar-refractivity contribution >= 4 is 28.3 Å². The summed E-state index contributed by atoms with van der Waals surface area (Å²) in [6.07, 6.45) is 0.739. The predicted molar refractivity (Wildman–Crippen MR) is 58.4 cm³/mol. The van der Waals surface area contributed by atoms with Gasteiger partial charge in [-0.2, -0.15) is 0 Å². The van der Waals surface area contributed by atoms with Gasteiger partial charge in [-0.3, -0.25) is 0 Å². The third-order valence-electron chi connectivity index (χ3n) is 2.11. The highest BCUT2D eigenvalue weighted by Gasteiger charge is 2.21. The molecule has 1 aromatic carbocycles. The number of benzene rings is 1. The van der Waals surface area contributed by atoms with E-state index in [9.17, 15) is 4.39 Å². The van der Waals surface area contributed by atoms with E-state index in [1.165, 1.54) is 6.07 Å². The molecule has 2 nitrogen and oxygen atoms in total. The monoisotopic (exact) mass is 281 g/mol. The quantitative estimate of drug-likeness (QED) is 0.794. The molecule has 5 heteroatoms. The second-order valence-corrected chi connectivity index (χ2v) is 3.97. The zero-order valence-corrected chi connectivity index (χ0v) is 9.70. The Morgan fingerprint density at radius 1 is 1.50 bits per heavy atom. The molecule has 1 unspecified atom stereocenters. The number of hydrogen-bond donors (Lipinski definition) is 1. The third-order valence-corrected chi connectivity index (χ3v) is 2.57. The lowest BCUT2D eigenvalue weighted by Gasteiger charge is -2.23. The maximum atomic E-state index is 13.3. The predicted octanol–water partition coefficient (Wildman–Crippen LogP) is 2.79. The van der Waals surface area contributed by atoms with E-state index in [1.807, 2.05) is 6.07 Å². The van der Waals surface area contributed by atoms with Crippen molar-refractivity contribution in [2.75, 3.05) is 6.61 Å². The number of halogens is 3. The maximum Gasteiger partial charge on any atom is 0.166 e. The molecule has 1 atom stereocenters. The molecule has 0 saturated carbocycles. The van der Waals surface area contributed by atoms with Crippen molar-refractivity contribution in [1.29, 1.82) is 0 Å². The zero-order valence-electron chi connectivity index (χ0n) is 7.30. The van der Waals surface area contributed by atoms with Crippen LogP contribution in [0.15, 0.2) is 16.6 Å². The molecular weight excluding hydrogens is 272 g/mol. The van der Waals surface area contributed by atoms with E-state index in [4.69, 9.17) is 10.5 Å². The van der Waals surface area contributed by atoms with Crippen molar-refractivity contribution in [1.82, 2.24) is 0 Å². The minimum absolute atomic E-state index is 0. The Morgan fingerprint density at radius 2 is 2.21 bits per heavy atom. The van der Waals surface area contributed by atoms with Crippen molar-refractivity contribution in [3.8, 4) is 5.75 Å². The summed E-state index contributed by atoms with van der Waals surface area (Å²) >= 11 is 3.22. The summed E-state index contributed by atoms with van der Waals surface area (Å²) in [5.74, 6) is -0.0403. The van der Waals surface area contributed by atoms with E-state index < -0.39 is 0 Å². The van der Waals surface area contributed by atoms with Crippen LogP contribution >= 0.6 is 28.3 Å². The van der Waals surface area contributed by atoms with Gasteiger partial charge in [0.1, 0.15) is 0 Å². The second kappa shape index (κ2) is 4.47. The Labute approximate surface area is 96.2 Å². The van der Waals surface area contributed by atoms with Gasteiger partial charge in [-0.15, -0.1) is 12.4 Å². The third kappa shape index (κ3) is 2.02. The van der Waals surface area contributed by atoms with Crippen LogP contribution in [0.1, 0.15) is 18.0 Å². The first-order chi connectivity index (χ1) is 6.18. The van der Waals surface area contributed by atoms with Gasteiger partial charge in [0.25, 0.3) is 0 Å². The molecule has 78 valence electrons. The van der Waals surface area contributed by atoms with Crippen LogP contribution in [0, 0.1) is 5.82 Å². The summed E-state index contributed by atoms with van der Waals surface area (Å²) in [5, 5.41) is 0. The fourth-order valence-electron chi connectivity index (χ4n) is 1.45. The summed E-state index contributed by atoms with van der Waals surface area (Å²) in [4.78, 5) is 0. The summed E-state index contributed by atoms with van der Waals surface area (Å²) < 4.78 is 19.2. The molecule has 2 rings (SSSR count).